The van der Waals surface area contributed by atoms with E-state index < -0.39 is 6.23 Å². The fourth-order valence-electron chi connectivity index (χ4n) is 2.83. The molecule has 0 bridgehead atoms. The van der Waals surface area contributed by atoms with Crippen molar-refractivity contribution < 1.29 is 9.53 Å². The summed E-state index contributed by atoms with van der Waals surface area (Å²) in [4.78, 5) is 16.9. The number of hydrogen-bond acceptors (Lipinski definition) is 5. The SMILES string of the molecule is CCOC(C(=O)NCc1ccc(C(=N)N)cc1)n1ccc(-c2cncc(C)c2)n1. The van der Waals surface area contributed by atoms with Gasteiger partial charge in [-0.2, -0.15) is 5.10 Å². The van der Waals surface area contributed by atoms with Crippen LogP contribution in [0.4, 0.5) is 0 Å². The standard InChI is InChI=1S/C21H24N6O2/c1-3-29-21(20(28)25-12-15-4-6-16(7-5-15)19(22)23)27-9-8-18(26-27)17-10-14(2)11-24-13-17/h4-11,13,21H,3,12H2,1-2H3,(H3,22,23)(H,25,28). The van der Waals surface area contributed by atoms with Crippen molar-refractivity contribution in [2.75, 3.05) is 6.61 Å². The van der Waals surface area contributed by atoms with Gasteiger partial charge in [0.05, 0.1) is 5.69 Å². The van der Waals surface area contributed by atoms with Crippen LogP contribution in [0, 0.1) is 12.3 Å². The molecule has 1 aromatic carbocycles. The molecule has 0 saturated carbocycles. The monoisotopic (exact) mass is 392 g/mol. The predicted molar refractivity (Wildman–Crippen MR) is 110 cm³/mol. The van der Waals surface area contributed by atoms with Gasteiger partial charge in [-0.1, -0.05) is 24.3 Å². The highest BCUT2D eigenvalue weighted by atomic mass is 16.5. The molecule has 8 heteroatoms. The Morgan fingerprint density at radius 2 is 2.03 bits per heavy atom. The van der Waals surface area contributed by atoms with E-state index >= 15 is 0 Å². The third kappa shape index (κ3) is 5.05. The highest BCUT2D eigenvalue weighted by molar-refractivity contribution is 5.94. The van der Waals surface area contributed by atoms with Crippen molar-refractivity contribution in [1.82, 2.24) is 20.1 Å². The summed E-state index contributed by atoms with van der Waals surface area (Å²) in [5.41, 5.74) is 9.63. The highest BCUT2D eigenvalue weighted by Gasteiger charge is 2.22. The number of carbonyl (C=O) groups excluding carboxylic acids is 1. The second-order valence-corrected chi connectivity index (χ2v) is 6.57. The number of amides is 1. The van der Waals surface area contributed by atoms with Crippen molar-refractivity contribution >= 4 is 11.7 Å². The van der Waals surface area contributed by atoms with E-state index in [0.29, 0.717) is 18.7 Å². The zero-order valence-corrected chi connectivity index (χ0v) is 16.4. The van der Waals surface area contributed by atoms with E-state index in [1.54, 1.807) is 30.7 Å². The average Bonchev–Trinajstić information content (AvgIpc) is 3.20. The maximum atomic E-state index is 12.7. The first kappa shape index (κ1) is 20.2. The first-order valence-corrected chi connectivity index (χ1v) is 9.27. The molecular weight excluding hydrogens is 368 g/mol. The Bertz CT molecular complexity index is 996. The molecule has 0 fully saturated rings. The lowest BCUT2D eigenvalue weighted by molar-refractivity contribution is -0.139. The summed E-state index contributed by atoms with van der Waals surface area (Å²) in [5.74, 6) is -0.283. The summed E-state index contributed by atoms with van der Waals surface area (Å²) in [6.45, 7) is 4.49. The van der Waals surface area contributed by atoms with Gasteiger partial charge in [-0.15, -0.1) is 0 Å². The maximum absolute atomic E-state index is 12.7. The number of aryl methyl sites for hydroxylation is 1. The molecule has 3 aromatic rings. The average molecular weight is 392 g/mol. The van der Waals surface area contributed by atoms with Gasteiger partial charge in [0.15, 0.2) is 0 Å². The third-order valence-corrected chi connectivity index (χ3v) is 4.30. The molecule has 1 amide bonds. The number of nitrogens with one attached hydrogen (secondary N) is 2. The number of rotatable bonds is 8. The van der Waals surface area contributed by atoms with Crippen LogP contribution in [0.15, 0.2) is 55.0 Å². The molecule has 0 aliphatic carbocycles. The molecular formula is C21H24N6O2. The van der Waals surface area contributed by atoms with Gasteiger partial charge >= 0.3 is 0 Å². The van der Waals surface area contributed by atoms with Gasteiger partial charge in [0.2, 0.25) is 6.23 Å². The van der Waals surface area contributed by atoms with Crippen LogP contribution in [0.25, 0.3) is 11.3 Å². The quantitative estimate of drug-likeness (QED) is 0.402. The van der Waals surface area contributed by atoms with Gasteiger partial charge in [0, 0.05) is 42.9 Å². The molecule has 29 heavy (non-hydrogen) atoms. The van der Waals surface area contributed by atoms with E-state index in [0.717, 1.165) is 22.4 Å². The molecule has 3 rings (SSSR count). The van der Waals surface area contributed by atoms with Crippen LogP contribution >= 0.6 is 0 Å². The minimum absolute atomic E-state index is 0.00953. The Morgan fingerprint density at radius 1 is 1.28 bits per heavy atom. The molecule has 0 radical (unpaired) electrons. The van der Waals surface area contributed by atoms with Gasteiger partial charge in [-0.3, -0.25) is 15.2 Å². The number of nitrogens with zero attached hydrogens (tertiary/aromatic N) is 3. The lowest BCUT2D eigenvalue weighted by Gasteiger charge is -2.17. The predicted octanol–water partition coefficient (Wildman–Crippen LogP) is 2.39. The van der Waals surface area contributed by atoms with Gasteiger partial charge in [-0.25, -0.2) is 4.68 Å². The molecule has 1 atom stereocenters. The number of aromatic nitrogens is 3. The molecule has 2 aromatic heterocycles. The zero-order valence-electron chi connectivity index (χ0n) is 16.4. The van der Waals surface area contributed by atoms with Crippen LogP contribution in [0.3, 0.4) is 0 Å². The topological polar surface area (TPSA) is 119 Å². The van der Waals surface area contributed by atoms with Crippen molar-refractivity contribution in [3.8, 4) is 11.3 Å². The normalized spacial score (nSPS) is 11.8. The summed E-state index contributed by atoms with van der Waals surface area (Å²) in [5, 5.41) is 14.8. The molecule has 1 unspecified atom stereocenters. The first-order chi connectivity index (χ1) is 14.0. The minimum Gasteiger partial charge on any atom is -0.384 e. The number of ether oxygens (including phenoxy) is 1. The maximum Gasteiger partial charge on any atom is 0.272 e. The molecule has 8 nitrogen and oxygen atoms in total. The molecule has 4 N–H and O–H groups in total. The van der Waals surface area contributed by atoms with E-state index in [-0.39, 0.29) is 11.7 Å². The van der Waals surface area contributed by atoms with Crippen molar-refractivity contribution in [2.45, 2.75) is 26.6 Å². The van der Waals surface area contributed by atoms with Gasteiger partial charge in [-0.05, 0) is 37.1 Å². The highest BCUT2D eigenvalue weighted by Crippen LogP contribution is 2.19. The van der Waals surface area contributed by atoms with E-state index in [9.17, 15) is 4.79 Å². The molecule has 0 spiro atoms. The molecule has 0 saturated heterocycles. The van der Waals surface area contributed by atoms with Crippen molar-refractivity contribution in [1.29, 1.82) is 5.41 Å². The third-order valence-electron chi connectivity index (χ3n) is 4.30. The molecule has 0 aliphatic heterocycles. The van der Waals surface area contributed by atoms with Crippen LogP contribution < -0.4 is 11.1 Å². The van der Waals surface area contributed by atoms with Crippen LogP contribution in [0.2, 0.25) is 0 Å². The molecule has 0 aliphatic rings. The first-order valence-electron chi connectivity index (χ1n) is 9.27. The Labute approximate surface area is 169 Å². The van der Waals surface area contributed by atoms with Crippen molar-refractivity contribution in [3.63, 3.8) is 0 Å². The van der Waals surface area contributed by atoms with Crippen molar-refractivity contribution in [2.24, 2.45) is 5.73 Å². The second-order valence-electron chi connectivity index (χ2n) is 6.57. The number of nitrogens with two attached hydrogens (primary N) is 1. The van der Waals surface area contributed by atoms with Crippen LogP contribution in [0.1, 0.15) is 29.8 Å². The number of carbonyl (C=O) groups is 1. The van der Waals surface area contributed by atoms with E-state index in [1.165, 1.54) is 4.68 Å². The Hall–Kier alpha value is -3.52. The van der Waals surface area contributed by atoms with E-state index in [4.69, 9.17) is 15.9 Å². The number of pyridine rings is 1. The Balaban J connectivity index is 1.70. The zero-order chi connectivity index (χ0) is 20.8. The fraction of sp³-hybridized carbons (Fsp3) is 0.238. The van der Waals surface area contributed by atoms with Crippen LogP contribution in [-0.4, -0.2) is 33.1 Å². The van der Waals surface area contributed by atoms with Crippen molar-refractivity contribution in [3.05, 3.63) is 71.7 Å². The molecule has 150 valence electrons. The number of nitrogen functional groups attached to an aromatic ring is 1. The van der Waals surface area contributed by atoms with E-state index in [2.05, 4.69) is 15.4 Å². The summed E-state index contributed by atoms with van der Waals surface area (Å²) in [7, 11) is 0. The molecule has 2 heterocycles. The largest absolute Gasteiger partial charge is 0.384 e. The van der Waals surface area contributed by atoms with Crippen LogP contribution in [0.5, 0.6) is 0 Å². The van der Waals surface area contributed by atoms with Gasteiger partial charge < -0.3 is 15.8 Å². The minimum atomic E-state index is -0.872. The summed E-state index contributed by atoms with van der Waals surface area (Å²) in [6, 6.07) is 11.0. The van der Waals surface area contributed by atoms with Gasteiger partial charge in [0.25, 0.3) is 5.91 Å². The lowest BCUT2D eigenvalue weighted by atomic mass is 10.1. The van der Waals surface area contributed by atoms with Gasteiger partial charge in [0.1, 0.15) is 5.84 Å². The lowest BCUT2D eigenvalue weighted by Crippen LogP contribution is -2.34. The summed E-state index contributed by atoms with van der Waals surface area (Å²) < 4.78 is 7.14. The second kappa shape index (κ2) is 9.11. The van der Waals surface area contributed by atoms with Crippen LogP contribution in [-0.2, 0) is 16.1 Å². The smallest absolute Gasteiger partial charge is 0.272 e. The summed E-state index contributed by atoms with van der Waals surface area (Å²) in [6.07, 6.45) is 4.36. The number of amidine groups is 1. The Morgan fingerprint density at radius 3 is 2.69 bits per heavy atom. The summed E-state index contributed by atoms with van der Waals surface area (Å²) >= 11 is 0. The number of hydrogen-bond donors (Lipinski definition) is 3. The Kier molecular flexibility index (Phi) is 6.36. The van der Waals surface area contributed by atoms with E-state index in [1.807, 2.05) is 38.1 Å². The number of benzene rings is 1. The fourth-order valence-corrected chi connectivity index (χ4v) is 2.83.